The molecule has 1 saturated carbocycles. The van der Waals surface area contributed by atoms with Crippen LogP contribution in [0.1, 0.15) is 37.0 Å². The molecule has 2 bridgehead atoms. The number of aromatic nitrogens is 1. The van der Waals surface area contributed by atoms with Gasteiger partial charge >= 0.3 is 5.97 Å². The van der Waals surface area contributed by atoms with Crippen LogP contribution in [0.2, 0.25) is 0 Å². The number of anilines is 1. The molecule has 1 unspecified atom stereocenters. The van der Waals surface area contributed by atoms with Gasteiger partial charge in [0.1, 0.15) is 12.8 Å². The van der Waals surface area contributed by atoms with Crippen molar-refractivity contribution in [3.63, 3.8) is 0 Å². The molecule has 31 heavy (non-hydrogen) atoms. The third kappa shape index (κ3) is 3.79. The summed E-state index contributed by atoms with van der Waals surface area (Å²) < 4.78 is 11.4. The van der Waals surface area contributed by atoms with Crippen molar-refractivity contribution >= 4 is 29.0 Å². The number of fused-ring (bicyclic) bond motifs is 3. The van der Waals surface area contributed by atoms with Crippen LogP contribution >= 0.6 is 11.3 Å². The Balaban J connectivity index is 1.28. The molecular formula is C22H28N3O5S+. The van der Waals surface area contributed by atoms with Crippen molar-refractivity contribution in [1.29, 1.82) is 0 Å². The molecule has 1 aliphatic carbocycles. The van der Waals surface area contributed by atoms with Gasteiger partial charge in [-0.25, -0.2) is 4.79 Å². The largest absolute Gasteiger partial charge is 0.454 e. The monoisotopic (exact) mass is 446 g/mol. The number of hydrogen-bond donors (Lipinski definition) is 2. The Hall–Kier alpha value is -2.23. The van der Waals surface area contributed by atoms with Crippen molar-refractivity contribution in [2.24, 2.45) is 11.8 Å². The molecule has 2 aromatic heterocycles. The van der Waals surface area contributed by atoms with Gasteiger partial charge in [0.05, 0.1) is 13.1 Å². The van der Waals surface area contributed by atoms with Crippen LogP contribution in [0.5, 0.6) is 0 Å². The molecule has 3 saturated heterocycles. The molecule has 0 radical (unpaired) electrons. The van der Waals surface area contributed by atoms with E-state index in [-0.39, 0.29) is 23.8 Å². The Labute approximate surface area is 184 Å². The number of nitrogens with one attached hydrogen (secondary N) is 1. The number of amides is 1. The van der Waals surface area contributed by atoms with Gasteiger partial charge in [0.25, 0.3) is 5.91 Å². The molecular weight excluding hydrogens is 418 g/mol. The van der Waals surface area contributed by atoms with Gasteiger partial charge in [-0.1, -0.05) is 17.6 Å². The second-order valence-corrected chi connectivity index (χ2v) is 10.2. The van der Waals surface area contributed by atoms with Crippen molar-refractivity contribution in [1.82, 2.24) is 5.16 Å². The molecule has 4 aliphatic rings. The second kappa shape index (κ2) is 8.03. The van der Waals surface area contributed by atoms with Crippen LogP contribution in [-0.2, 0) is 19.9 Å². The Morgan fingerprint density at radius 1 is 1.29 bits per heavy atom. The van der Waals surface area contributed by atoms with Crippen molar-refractivity contribution in [2.45, 2.75) is 43.8 Å². The minimum Gasteiger partial charge on any atom is -0.454 e. The minimum atomic E-state index is -1.56. The number of esters is 1. The molecule has 9 heteroatoms. The van der Waals surface area contributed by atoms with Crippen molar-refractivity contribution in [2.75, 3.05) is 31.5 Å². The number of nitrogens with zero attached hydrogens (tertiary/aromatic N) is 2. The highest BCUT2D eigenvalue weighted by molar-refractivity contribution is 7.10. The van der Waals surface area contributed by atoms with Gasteiger partial charge in [-0.3, -0.25) is 4.79 Å². The first-order valence-corrected chi connectivity index (χ1v) is 11.9. The van der Waals surface area contributed by atoms with Gasteiger partial charge in [0.2, 0.25) is 0 Å². The van der Waals surface area contributed by atoms with Crippen LogP contribution < -0.4 is 5.32 Å². The topological polar surface area (TPSA) is 102 Å². The number of carbonyl (C=O) groups is 2. The molecule has 3 aliphatic heterocycles. The summed E-state index contributed by atoms with van der Waals surface area (Å²) in [6.45, 7) is 2.70. The van der Waals surface area contributed by atoms with Gasteiger partial charge in [-0.05, 0) is 24.3 Å². The molecule has 6 rings (SSSR count). The Morgan fingerprint density at radius 2 is 2.10 bits per heavy atom. The number of piperidine rings is 3. The predicted molar refractivity (Wildman–Crippen MR) is 113 cm³/mol. The van der Waals surface area contributed by atoms with E-state index in [1.807, 2.05) is 17.5 Å². The van der Waals surface area contributed by atoms with Gasteiger partial charge in [0, 0.05) is 35.6 Å². The summed E-state index contributed by atoms with van der Waals surface area (Å²) in [4.78, 5) is 26.6. The highest BCUT2D eigenvalue weighted by atomic mass is 32.1. The first-order chi connectivity index (χ1) is 15.0. The number of ether oxygens (including phenoxy) is 1. The van der Waals surface area contributed by atoms with E-state index in [9.17, 15) is 14.7 Å². The van der Waals surface area contributed by atoms with Crippen LogP contribution in [0.15, 0.2) is 34.4 Å². The van der Waals surface area contributed by atoms with Crippen LogP contribution in [0.3, 0.4) is 0 Å². The highest BCUT2D eigenvalue weighted by Gasteiger charge is 2.54. The lowest BCUT2D eigenvalue weighted by Crippen LogP contribution is -2.66. The van der Waals surface area contributed by atoms with E-state index in [1.54, 1.807) is 6.07 Å². The number of aliphatic hydroxyl groups is 1. The first-order valence-electron chi connectivity index (χ1n) is 11.0. The summed E-state index contributed by atoms with van der Waals surface area (Å²) in [5, 5.41) is 19.8. The molecule has 2 N–H and O–H groups in total. The number of quaternary nitrogens is 1. The lowest BCUT2D eigenvalue weighted by molar-refractivity contribution is -0.939. The molecule has 1 amide bonds. The molecule has 0 spiro atoms. The molecule has 8 nitrogen and oxygen atoms in total. The van der Waals surface area contributed by atoms with E-state index in [0.717, 1.165) is 45.2 Å². The first kappa shape index (κ1) is 20.7. The van der Waals surface area contributed by atoms with Gasteiger partial charge in [-0.2, -0.15) is 0 Å². The SMILES string of the molecule is O=C(C[N+]12CCC(CC1)[C@@H](OC(=O)C(O)(c1cccs1)C1CCC1)C2)Nc1ccon1. The zero-order valence-corrected chi connectivity index (χ0v) is 18.2. The van der Waals surface area contributed by atoms with E-state index in [1.165, 1.54) is 17.6 Å². The predicted octanol–water partition coefficient (Wildman–Crippen LogP) is 2.51. The Kier molecular flexibility index (Phi) is 5.35. The van der Waals surface area contributed by atoms with E-state index < -0.39 is 11.6 Å². The normalized spacial score (nSPS) is 29.7. The zero-order valence-electron chi connectivity index (χ0n) is 17.4. The van der Waals surface area contributed by atoms with Gasteiger partial charge in [-0.15, -0.1) is 11.3 Å². The molecule has 166 valence electrons. The maximum atomic E-state index is 13.3. The van der Waals surface area contributed by atoms with Crippen molar-refractivity contribution < 1.29 is 28.4 Å². The average Bonchev–Trinajstić information content (AvgIpc) is 3.41. The quantitative estimate of drug-likeness (QED) is 0.501. The van der Waals surface area contributed by atoms with E-state index in [0.29, 0.717) is 28.3 Å². The summed E-state index contributed by atoms with van der Waals surface area (Å²) in [7, 11) is 0. The summed E-state index contributed by atoms with van der Waals surface area (Å²) in [5.41, 5.74) is -1.56. The molecule has 0 aromatic carbocycles. The van der Waals surface area contributed by atoms with Crippen LogP contribution in [0.4, 0.5) is 5.82 Å². The smallest absolute Gasteiger partial charge is 0.344 e. The summed E-state index contributed by atoms with van der Waals surface area (Å²) in [6, 6.07) is 5.29. The van der Waals surface area contributed by atoms with Crippen LogP contribution in [0, 0.1) is 11.8 Å². The van der Waals surface area contributed by atoms with E-state index in [2.05, 4.69) is 10.5 Å². The number of carbonyl (C=O) groups excluding carboxylic acids is 2. The van der Waals surface area contributed by atoms with Gasteiger partial charge < -0.3 is 24.2 Å². The summed E-state index contributed by atoms with van der Waals surface area (Å²) >= 11 is 1.40. The maximum Gasteiger partial charge on any atom is 0.344 e. The second-order valence-electron chi connectivity index (χ2n) is 9.22. The lowest BCUT2D eigenvalue weighted by atomic mass is 9.72. The summed E-state index contributed by atoms with van der Waals surface area (Å²) in [5.74, 6) is -0.0419. The fraction of sp³-hybridized carbons (Fsp3) is 0.591. The fourth-order valence-corrected chi connectivity index (χ4v) is 6.25. The van der Waals surface area contributed by atoms with Crippen molar-refractivity contribution in [3.8, 4) is 0 Å². The highest BCUT2D eigenvalue weighted by Crippen LogP contribution is 2.46. The van der Waals surface area contributed by atoms with Gasteiger partial charge in [0.15, 0.2) is 24.1 Å². The minimum absolute atomic E-state index is 0.0869. The Bertz CT molecular complexity index is 919. The van der Waals surface area contributed by atoms with Crippen LogP contribution in [-0.4, -0.2) is 58.9 Å². The molecule has 5 heterocycles. The molecule has 4 fully saturated rings. The number of thiophene rings is 1. The Morgan fingerprint density at radius 3 is 2.71 bits per heavy atom. The standard InChI is InChI=1S/C22H27N3O5S/c26-20(23-19-8-11-29-24-19)14-25-9-6-15(7-10-25)17(13-25)30-21(27)22(28,16-3-1-4-16)18-5-2-12-31-18/h2,5,8,11-12,15-17,28H,1,3-4,6-7,9-10,13-14H2/p+1/t15?,17-,22?,25?/m0/s1. The number of rotatable bonds is 7. The van der Waals surface area contributed by atoms with Crippen molar-refractivity contribution in [3.05, 3.63) is 34.7 Å². The van der Waals surface area contributed by atoms with Crippen LogP contribution in [0.25, 0.3) is 0 Å². The third-order valence-electron chi connectivity index (χ3n) is 7.39. The fourth-order valence-electron chi connectivity index (χ4n) is 5.36. The maximum absolute atomic E-state index is 13.3. The average molecular weight is 447 g/mol. The molecule has 2 atom stereocenters. The summed E-state index contributed by atoms with van der Waals surface area (Å²) in [6.07, 6.45) is 5.66. The third-order valence-corrected chi connectivity index (χ3v) is 8.38. The lowest BCUT2D eigenvalue weighted by Gasteiger charge is -2.52. The zero-order chi connectivity index (χ0) is 21.5. The van der Waals surface area contributed by atoms with E-state index >= 15 is 0 Å². The van der Waals surface area contributed by atoms with E-state index in [4.69, 9.17) is 9.26 Å². The molecule has 2 aromatic rings. The number of hydrogen-bond acceptors (Lipinski definition) is 7.